The minimum atomic E-state index is 0.263. The lowest BCUT2D eigenvalue weighted by atomic mass is 9.93. The molecule has 94 valence electrons. The minimum absolute atomic E-state index is 0.263. The molecule has 4 heteroatoms. The molecule has 0 spiro atoms. The van der Waals surface area contributed by atoms with Crippen molar-refractivity contribution in [1.29, 1.82) is 5.26 Å². The molecule has 0 bridgehead atoms. The molecule has 0 fully saturated rings. The molecule has 0 atom stereocenters. The van der Waals surface area contributed by atoms with E-state index < -0.39 is 0 Å². The van der Waals surface area contributed by atoms with Gasteiger partial charge in [-0.3, -0.25) is 0 Å². The van der Waals surface area contributed by atoms with Crippen LogP contribution in [0.1, 0.15) is 24.3 Å². The van der Waals surface area contributed by atoms with Crippen LogP contribution in [0.3, 0.4) is 0 Å². The van der Waals surface area contributed by atoms with Crippen molar-refractivity contribution in [1.82, 2.24) is 10.2 Å². The van der Waals surface area contributed by atoms with Gasteiger partial charge in [0.2, 0.25) is 0 Å². The summed E-state index contributed by atoms with van der Waals surface area (Å²) in [5.74, 6) is 0. The third kappa shape index (κ3) is 5.31. The Balaban J connectivity index is 2.35. The van der Waals surface area contributed by atoms with E-state index in [0.29, 0.717) is 0 Å². The Hall–Kier alpha value is -0.890. The van der Waals surface area contributed by atoms with Crippen LogP contribution in [0.25, 0.3) is 0 Å². The van der Waals surface area contributed by atoms with Gasteiger partial charge in [0, 0.05) is 29.9 Å². The van der Waals surface area contributed by atoms with Crippen molar-refractivity contribution in [3.05, 3.63) is 21.9 Å². The van der Waals surface area contributed by atoms with Gasteiger partial charge in [0.15, 0.2) is 0 Å². The number of nitrogens with zero attached hydrogens (tertiary/aromatic N) is 2. The molecule has 1 rings (SSSR count). The topological polar surface area (TPSA) is 39.1 Å². The average Bonchev–Trinajstić information content (AvgIpc) is 2.63. The second-order valence-corrected chi connectivity index (χ2v) is 6.41. The fraction of sp³-hybridized carbons (Fsp3) is 0.615. The monoisotopic (exact) mass is 251 g/mol. The molecule has 0 saturated carbocycles. The normalized spacial score (nSPS) is 11.8. The number of nitrogens with one attached hydrogen (secondary N) is 1. The largest absolute Gasteiger partial charge is 0.311 e. The Morgan fingerprint density at radius 2 is 2.18 bits per heavy atom. The van der Waals surface area contributed by atoms with E-state index in [4.69, 9.17) is 5.26 Å². The lowest BCUT2D eigenvalue weighted by Crippen LogP contribution is -2.37. The van der Waals surface area contributed by atoms with Gasteiger partial charge in [-0.1, -0.05) is 13.8 Å². The Morgan fingerprint density at radius 1 is 1.47 bits per heavy atom. The summed E-state index contributed by atoms with van der Waals surface area (Å²) in [7, 11) is 4.19. The van der Waals surface area contributed by atoms with E-state index in [1.165, 1.54) is 4.88 Å². The molecule has 0 aliphatic heterocycles. The summed E-state index contributed by atoms with van der Waals surface area (Å²) in [4.78, 5) is 3.43. The number of hydrogen-bond donors (Lipinski definition) is 1. The van der Waals surface area contributed by atoms with Gasteiger partial charge >= 0.3 is 0 Å². The van der Waals surface area contributed by atoms with Crippen LogP contribution >= 0.6 is 11.3 Å². The van der Waals surface area contributed by atoms with Crippen LogP contribution in [0.15, 0.2) is 11.4 Å². The number of hydrogen-bond acceptors (Lipinski definition) is 4. The summed E-state index contributed by atoms with van der Waals surface area (Å²) < 4.78 is 0. The second-order valence-electron chi connectivity index (χ2n) is 5.42. The maximum absolute atomic E-state index is 8.74. The van der Waals surface area contributed by atoms with E-state index in [9.17, 15) is 0 Å². The number of nitriles is 1. The highest BCUT2D eigenvalue weighted by Gasteiger charge is 2.18. The van der Waals surface area contributed by atoms with Gasteiger partial charge < -0.3 is 10.2 Å². The zero-order chi connectivity index (χ0) is 12.9. The lowest BCUT2D eigenvalue weighted by Gasteiger charge is -2.28. The molecular formula is C13H21N3S. The Kier molecular flexibility index (Phi) is 5.13. The van der Waals surface area contributed by atoms with Crippen molar-refractivity contribution in [2.45, 2.75) is 20.4 Å². The van der Waals surface area contributed by atoms with Crippen LogP contribution in [0, 0.1) is 16.7 Å². The summed E-state index contributed by atoms with van der Waals surface area (Å²) in [6.07, 6.45) is 0. The molecule has 1 N–H and O–H groups in total. The van der Waals surface area contributed by atoms with Crippen molar-refractivity contribution in [3.8, 4) is 6.07 Å². The van der Waals surface area contributed by atoms with Crippen molar-refractivity contribution >= 4 is 11.3 Å². The summed E-state index contributed by atoms with van der Waals surface area (Å²) in [6, 6.07) is 4.11. The standard InChI is InChI=1S/C13H21N3S/c1-13(2,10-16(3)4)9-15-7-12-5-11(6-14)8-17-12/h5,8,15H,7,9-10H2,1-4H3. The van der Waals surface area contributed by atoms with Gasteiger partial charge in [0.1, 0.15) is 6.07 Å². The first-order valence-corrected chi connectivity index (χ1v) is 6.64. The fourth-order valence-electron chi connectivity index (χ4n) is 1.97. The van der Waals surface area contributed by atoms with Crippen molar-refractivity contribution in [2.24, 2.45) is 5.41 Å². The lowest BCUT2D eigenvalue weighted by molar-refractivity contribution is 0.232. The predicted octanol–water partition coefficient (Wildman–Crippen LogP) is 2.30. The van der Waals surface area contributed by atoms with Gasteiger partial charge in [0.05, 0.1) is 5.56 Å². The van der Waals surface area contributed by atoms with E-state index in [0.717, 1.165) is 25.2 Å². The molecule has 0 aliphatic rings. The van der Waals surface area contributed by atoms with Gasteiger partial charge in [-0.05, 0) is 25.6 Å². The van der Waals surface area contributed by atoms with Gasteiger partial charge in [-0.2, -0.15) is 5.26 Å². The molecule has 0 unspecified atom stereocenters. The smallest absolute Gasteiger partial charge is 0.100 e. The Morgan fingerprint density at radius 3 is 2.71 bits per heavy atom. The zero-order valence-electron chi connectivity index (χ0n) is 11.1. The highest BCUT2D eigenvalue weighted by atomic mass is 32.1. The average molecular weight is 251 g/mol. The van der Waals surface area contributed by atoms with Crippen molar-refractivity contribution in [3.63, 3.8) is 0 Å². The van der Waals surface area contributed by atoms with Crippen LogP contribution < -0.4 is 5.32 Å². The summed E-state index contributed by atoms with van der Waals surface area (Å²) in [5, 5.41) is 14.1. The Bertz CT molecular complexity index is 388. The van der Waals surface area contributed by atoms with Crippen molar-refractivity contribution in [2.75, 3.05) is 27.2 Å². The zero-order valence-corrected chi connectivity index (χ0v) is 11.9. The highest BCUT2D eigenvalue weighted by Crippen LogP contribution is 2.16. The summed E-state index contributed by atoms with van der Waals surface area (Å²) in [6.45, 7) is 7.41. The van der Waals surface area contributed by atoms with Crippen molar-refractivity contribution < 1.29 is 0 Å². The van der Waals surface area contributed by atoms with Gasteiger partial charge in [0.25, 0.3) is 0 Å². The number of thiophene rings is 1. The third-order valence-electron chi connectivity index (χ3n) is 2.43. The molecule has 1 aromatic rings. The quantitative estimate of drug-likeness (QED) is 0.843. The molecule has 0 saturated heterocycles. The minimum Gasteiger partial charge on any atom is -0.311 e. The van der Waals surface area contributed by atoms with E-state index in [1.54, 1.807) is 11.3 Å². The van der Waals surface area contributed by atoms with E-state index in [2.05, 4.69) is 44.2 Å². The van der Waals surface area contributed by atoms with E-state index in [-0.39, 0.29) is 5.41 Å². The Labute approximate surface area is 108 Å². The third-order valence-corrected chi connectivity index (χ3v) is 3.37. The molecular weight excluding hydrogens is 230 g/mol. The van der Waals surface area contributed by atoms with Crippen LogP contribution in [0.4, 0.5) is 0 Å². The fourth-order valence-corrected chi connectivity index (χ4v) is 2.75. The van der Waals surface area contributed by atoms with E-state index >= 15 is 0 Å². The predicted molar refractivity (Wildman–Crippen MR) is 73.1 cm³/mol. The molecule has 0 aliphatic carbocycles. The molecule has 0 amide bonds. The van der Waals surface area contributed by atoms with E-state index in [1.807, 2.05) is 11.4 Å². The molecule has 17 heavy (non-hydrogen) atoms. The SMILES string of the molecule is CN(C)CC(C)(C)CNCc1cc(C#N)cs1. The molecule has 1 aromatic heterocycles. The maximum atomic E-state index is 8.74. The maximum Gasteiger partial charge on any atom is 0.100 e. The van der Waals surface area contributed by atoms with Crippen LogP contribution in [0.5, 0.6) is 0 Å². The van der Waals surface area contributed by atoms with Gasteiger partial charge in [-0.15, -0.1) is 11.3 Å². The number of rotatable bonds is 6. The first kappa shape index (κ1) is 14.2. The molecule has 1 heterocycles. The van der Waals surface area contributed by atoms with Crippen LogP contribution in [-0.2, 0) is 6.54 Å². The highest BCUT2D eigenvalue weighted by molar-refractivity contribution is 7.10. The van der Waals surface area contributed by atoms with Crippen LogP contribution in [0.2, 0.25) is 0 Å². The second kappa shape index (κ2) is 6.15. The molecule has 3 nitrogen and oxygen atoms in total. The first-order chi connectivity index (χ1) is 7.93. The molecule has 0 radical (unpaired) electrons. The summed E-state index contributed by atoms with van der Waals surface area (Å²) >= 11 is 1.64. The first-order valence-electron chi connectivity index (χ1n) is 5.76. The van der Waals surface area contributed by atoms with Gasteiger partial charge in [-0.25, -0.2) is 0 Å². The molecule has 0 aromatic carbocycles. The summed E-state index contributed by atoms with van der Waals surface area (Å²) in [5.41, 5.74) is 1.03. The van der Waals surface area contributed by atoms with Crippen LogP contribution in [-0.4, -0.2) is 32.1 Å².